The minimum atomic E-state index is -0.672. The van der Waals surface area contributed by atoms with Gasteiger partial charge in [0, 0.05) is 34.0 Å². The summed E-state index contributed by atoms with van der Waals surface area (Å²) in [6.07, 6.45) is 1.43. The molecule has 9 nitrogen and oxygen atoms in total. The second kappa shape index (κ2) is 15.9. The molecular weight excluding hydrogens is 671 g/mol. The van der Waals surface area contributed by atoms with Gasteiger partial charge in [0.25, 0.3) is 17.5 Å². The average Bonchev–Trinajstić information content (AvgIpc) is 3.09. The van der Waals surface area contributed by atoms with Crippen molar-refractivity contribution in [2.24, 2.45) is 0 Å². The van der Waals surface area contributed by atoms with Gasteiger partial charge in [0.15, 0.2) is 0 Å². The summed E-state index contributed by atoms with van der Waals surface area (Å²) in [4.78, 5) is 51.4. The lowest BCUT2D eigenvalue weighted by Gasteiger charge is -2.18. The molecule has 0 radical (unpaired) electrons. The van der Waals surface area contributed by atoms with Gasteiger partial charge in [0.05, 0.1) is 15.0 Å². The van der Waals surface area contributed by atoms with Crippen molar-refractivity contribution >= 4 is 75.8 Å². The molecule has 3 N–H and O–H groups in total. The molecule has 0 saturated carbocycles. The second-order valence-corrected chi connectivity index (χ2v) is 12.2. The molecule has 3 amide bonds. The molecule has 12 heteroatoms. The summed E-state index contributed by atoms with van der Waals surface area (Å²) in [5.74, 6) is -1.44. The Labute approximate surface area is 290 Å². The summed E-state index contributed by atoms with van der Waals surface area (Å²) in [7, 11) is 0. The molecule has 0 aliphatic rings. The summed E-state index contributed by atoms with van der Waals surface area (Å²) in [6, 6.07) is 35.0. The molecule has 48 heavy (non-hydrogen) atoms. The van der Waals surface area contributed by atoms with E-state index in [0.717, 1.165) is 5.56 Å². The number of halogens is 2. The van der Waals surface area contributed by atoms with Crippen molar-refractivity contribution in [3.05, 3.63) is 170 Å². The zero-order chi connectivity index (χ0) is 34.0. The third kappa shape index (κ3) is 9.10. The lowest BCUT2D eigenvalue weighted by Crippen LogP contribution is -2.30. The van der Waals surface area contributed by atoms with E-state index in [-0.39, 0.29) is 17.3 Å². The molecule has 0 saturated heterocycles. The van der Waals surface area contributed by atoms with E-state index in [1.54, 1.807) is 66.7 Å². The van der Waals surface area contributed by atoms with Crippen LogP contribution in [-0.2, 0) is 9.59 Å². The Bertz CT molecular complexity index is 1990. The number of nitro groups is 1. The van der Waals surface area contributed by atoms with Crippen LogP contribution in [0, 0.1) is 10.1 Å². The first-order chi connectivity index (χ1) is 23.2. The van der Waals surface area contributed by atoms with Gasteiger partial charge in [-0.05, 0) is 77.9 Å². The first kappa shape index (κ1) is 33.9. The molecule has 0 aliphatic heterocycles. The Morgan fingerprint density at radius 3 is 2.06 bits per heavy atom. The summed E-state index contributed by atoms with van der Waals surface area (Å²) >= 11 is 13.5. The van der Waals surface area contributed by atoms with Crippen LogP contribution >= 0.6 is 35.0 Å². The van der Waals surface area contributed by atoms with Crippen molar-refractivity contribution in [2.45, 2.75) is 10.1 Å². The molecular formula is C36H26Cl2N4O5S. The topological polar surface area (TPSA) is 130 Å². The van der Waals surface area contributed by atoms with Crippen LogP contribution in [-0.4, -0.2) is 22.6 Å². The number of nitrogens with zero attached hydrogens (tertiary/aromatic N) is 1. The number of carbonyl (C=O) groups excluding carboxylic acids is 3. The first-order valence-corrected chi connectivity index (χ1v) is 16.0. The lowest BCUT2D eigenvalue weighted by molar-refractivity contribution is -0.384. The lowest BCUT2D eigenvalue weighted by atomic mass is 10.1. The summed E-state index contributed by atoms with van der Waals surface area (Å²) in [5, 5.41) is 19.5. The van der Waals surface area contributed by atoms with E-state index in [1.165, 1.54) is 42.1 Å². The monoisotopic (exact) mass is 696 g/mol. The molecule has 0 spiro atoms. The molecule has 0 aliphatic carbocycles. The van der Waals surface area contributed by atoms with Crippen LogP contribution < -0.4 is 16.0 Å². The number of hydrogen-bond donors (Lipinski definition) is 3. The number of benzene rings is 5. The standard InChI is InChI=1S/C36H26Cl2N4O5S/c37-30-19-16-27(22-31(30)38)40-36(45)33(24-8-3-1-4-9-24)48-29-13-7-12-26(21-29)39-35(44)32(41-34(43)25-10-5-2-6-11-25)20-23-14-17-28(18-15-23)42(46)47/h1-22,33H,(H,39,44)(H,40,45)(H,41,43)/b32-20+. The van der Waals surface area contributed by atoms with Crippen LogP contribution in [0.2, 0.25) is 10.0 Å². The third-order valence-electron chi connectivity index (χ3n) is 6.82. The SMILES string of the molecule is O=C(Nc1cccc(SC(C(=O)Nc2ccc(Cl)c(Cl)c2)c2ccccc2)c1)/C(=C\c1ccc([N+](=O)[O-])cc1)NC(=O)c1ccccc1. The maximum Gasteiger partial charge on any atom is 0.272 e. The number of non-ortho nitro benzene ring substituents is 1. The number of anilines is 2. The number of hydrogen-bond acceptors (Lipinski definition) is 6. The smallest absolute Gasteiger partial charge is 0.272 e. The Balaban J connectivity index is 1.38. The highest BCUT2D eigenvalue weighted by atomic mass is 35.5. The summed E-state index contributed by atoms with van der Waals surface area (Å²) in [5.41, 5.74) is 2.25. The first-order valence-electron chi connectivity index (χ1n) is 14.4. The van der Waals surface area contributed by atoms with Gasteiger partial charge in [-0.3, -0.25) is 24.5 Å². The molecule has 240 valence electrons. The predicted molar refractivity (Wildman–Crippen MR) is 190 cm³/mol. The number of nitrogens with one attached hydrogen (secondary N) is 3. The molecule has 5 rings (SSSR count). The summed E-state index contributed by atoms with van der Waals surface area (Å²) < 4.78 is 0. The van der Waals surface area contributed by atoms with E-state index in [1.807, 2.05) is 36.4 Å². The van der Waals surface area contributed by atoms with E-state index < -0.39 is 22.0 Å². The van der Waals surface area contributed by atoms with Gasteiger partial charge in [0.2, 0.25) is 5.91 Å². The largest absolute Gasteiger partial charge is 0.325 e. The van der Waals surface area contributed by atoms with Gasteiger partial charge in [-0.2, -0.15) is 0 Å². The van der Waals surface area contributed by atoms with Crippen molar-refractivity contribution in [2.75, 3.05) is 10.6 Å². The molecule has 0 aromatic heterocycles. The van der Waals surface area contributed by atoms with Crippen molar-refractivity contribution in [1.82, 2.24) is 5.32 Å². The molecule has 0 heterocycles. The fraction of sp³-hybridized carbons (Fsp3) is 0.0278. The Morgan fingerprint density at radius 2 is 1.40 bits per heavy atom. The van der Waals surface area contributed by atoms with Gasteiger partial charge in [-0.25, -0.2) is 0 Å². The van der Waals surface area contributed by atoms with Gasteiger partial charge in [-0.15, -0.1) is 11.8 Å². The molecule has 1 atom stereocenters. The van der Waals surface area contributed by atoms with Crippen LogP contribution in [0.1, 0.15) is 26.7 Å². The van der Waals surface area contributed by atoms with Gasteiger partial charge >= 0.3 is 0 Å². The highest BCUT2D eigenvalue weighted by Crippen LogP contribution is 2.37. The predicted octanol–water partition coefficient (Wildman–Crippen LogP) is 8.78. The maximum atomic E-state index is 13.6. The van der Waals surface area contributed by atoms with Crippen molar-refractivity contribution in [1.29, 1.82) is 0 Å². The van der Waals surface area contributed by atoms with E-state index in [4.69, 9.17) is 23.2 Å². The Hall–Kier alpha value is -5.42. The molecule has 0 bridgehead atoms. The molecule has 0 fully saturated rings. The number of carbonyl (C=O) groups is 3. The number of nitro benzene ring substituents is 1. The minimum Gasteiger partial charge on any atom is -0.325 e. The van der Waals surface area contributed by atoms with E-state index >= 15 is 0 Å². The Kier molecular flexibility index (Phi) is 11.3. The van der Waals surface area contributed by atoms with Gasteiger partial charge in [-0.1, -0.05) is 77.8 Å². The van der Waals surface area contributed by atoms with Crippen LogP contribution in [0.15, 0.2) is 138 Å². The number of amides is 3. The minimum absolute atomic E-state index is 0.0843. The van der Waals surface area contributed by atoms with Crippen LogP contribution in [0.5, 0.6) is 0 Å². The molecule has 5 aromatic carbocycles. The Morgan fingerprint density at radius 1 is 0.729 bits per heavy atom. The van der Waals surface area contributed by atoms with E-state index in [2.05, 4.69) is 16.0 Å². The average molecular weight is 698 g/mol. The zero-order valence-electron chi connectivity index (χ0n) is 24.9. The quantitative estimate of drug-likeness (QED) is 0.0548. The molecule has 5 aromatic rings. The van der Waals surface area contributed by atoms with E-state index in [0.29, 0.717) is 37.4 Å². The number of thioether (sulfide) groups is 1. The second-order valence-electron chi connectivity index (χ2n) is 10.2. The fourth-order valence-electron chi connectivity index (χ4n) is 4.47. The normalized spacial score (nSPS) is 11.7. The van der Waals surface area contributed by atoms with Gasteiger partial charge < -0.3 is 16.0 Å². The van der Waals surface area contributed by atoms with Gasteiger partial charge in [0.1, 0.15) is 10.9 Å². The fourth-order valence-corrected chi connectivity index (χ4v) is 5.85. The van der Waals surface area contributed by atoms with Crippen LogP contribution in [0.4, 0.5) is 17.1 Å². The van der Waals surface area contributed by atoms with Crippen LogP contribution in [0.3, 0.4) is 0 Å². The van der Waals surface area contributed by atoms with E-state index in [9.17, 15) is 24.5 Å². The third-order valence-corrected chi connectivity index (χ3v) is 8.80. The maximum absolute atomic E-state index is 13.6. The zero-order valence-corrected chi connectivity index (χ0v) is 27.3. The molecule has 1 unspecified atom stereocenters. The summed E-state index contributed by atoms with van der Waals surface area (Å²) in [6.45, 7) is 0. The number of rotatable bonds is 11. The highest BCUT2D eigenvalue weighted by molar-refractivity contribution is 8.00. The van der Waals surface area contributed by atoms with Crippen LogP contribution in [0.25, 0.3) is 6.08 Å². The van der Waals surface area contributed by atoms with Crippen molar-refractivity contribution in [3.63, 3.8) is 0 Å². The van der Waals surface area contributed by atoms with Crippen molar-refractivity contribution < 1.29 is 19.3 Å². The van der Waals surface area contributed by atoms with Crippen molar-refractivity contribution in [3.8, 4) is 0 Å². The highest BCUT2D eigenvalue weighted by Gasteiger charge is 2.23.